The molecule has 2 aromatic rings. The Morgan fingerprint density at radius 3 is 2.50 bits per heavy atom. The molecule has 0 bridgehead atoms. The summed E-state index contributed by atoms with van der Waals surface area (Å²) in [5.41, 5.74) is 6.83. The van der Waals surface area contributed by atoms with Gasteiger partial charge in [0.1, 0.15) is 6.04 Å². The van der Waals surface area contributed by atoms with Crippen LogP contribution in [-0.4, -0.2) is 62.5 Å². The third-order valence-corrected chi connectivity index (χ3v) is 7.84. The first kappa shape index (κ1) is 33.7. The smallest absolute Gasteiger partial charge is 0.333 e. The monoisotopic (exact) mass is 620 g/mol. The number of carbonyl (C=O) groups excluding carboxylic acids is 2. The van der Waals surface area contributed by atoms with Crippen molar-refractivity contribution in [2.24, 2.45) is 16.3 Å². The lowest BCUT2D eigenvalue weighted by Gasteiger charge is -2.32. The van der Waals surface area contributed by atoms with E-state index in [1.165, 1.54) is 0 Å². The number of nitrogens with zero attached hydrogens (tertiary/aromatic N) is 1. The van der Waals surface area contributed by atoms with Crippen LogP contribution in [0.5, 0.6) is 0 Å². The fraction of sp³-hybridized carbons (Fsp3) is 0.467. The van der Waals surface area contributed by atoms with Crippen molar-refractivity contribution in [1.82, 2.24) is 10.2 Å². The highest BCUT2D eigenvalue weighted by molar-refractivity contribution is 7.84. The maximum Gasteiger partial charge on any atom is 0.333 e. The van der Waals surface area contributed by atoms with Gasteiger partial charge < -0.3 is 20.7 Å². The standard InChI is InChI=1S/C30H41ClN4O6S/c1-21(32)28(36)34-27(22(2)40-19-23-9-5-4-6-10-23)29(37)35-16-8-13-26(35)14-15-30(3,20-41-42(33,38)39)18-24-11-7-12-25(31)17-24/h4-7,9-12,14-15,17,21-22,26-27H,8,13,16,18-20,32H2,1-3H3,(H,34,36)(H2,33,38,39)/b15-14+/t21-,22+,26?,27-,30-/m0/s1. The molecular formula is C30H41ClN4O6S. The van der Waals surface area contributed by atoms with E-state index in [-0.39, 0.29) is 25.2 Å². The van der Waals surface area contributed by atoms with Gasteiger partial charge in [-0.3, -0.25) is 13.8 Å². The Bertz CT molecular complexity index is 1340. The number of rotatable bonds is 14. The molecule has 5 atom stereocenters. The van der Waals surface area contributed by atoms with Crippen LogP contribution in [0.15, 0.2) is 66.7 Å². The summed E-state index contributed by atoms with van der Waals surface area (Å²) in [6.45, 7) is 5.71. The van der Waals surface area contributed by atoms with Crippen LogP contribution >= 0.6 is 11.6 Å². The van der Waals surface area contributed by atoms with E-state index < -0.39 is 39.8 Å². The van der Waals surface area contributed by atoms with Gasteiger partial charge in [-0.1, -0.05) is 73.1 Å². The molecule has 0 saturated carbocycles. The molecule has 1 saturated heterocycles. The minimum atomic E-state index is -4.17. The number of nitrogens with one attached hydrogen (secondary N) is 1. The molecule has 0 radical (unpaired) electrons. The van der Waals surface area contributed by atoms with Gasteiger partial charge in [-0.2, -0.15) is 8.42 Å². The summed E-state index contributed by atoms with van der Waals surface area (Å²) in [4.78, 5) is 28.2. The maximum absolute atomic E-state index is 13.9. The SMILES string of the molecule is C[C@H](N)C(=O)N[C@H](C(=O)N1CCCC1/C=C/[C@](C)(COS(N)(=O)=O)Cc1cccc(Cl)c1)[C@@H](C)OCc1ccccc1. The predicted octanol–water partition coefficient (Wildman–Crippen LogP) is 3.09. The summed E-state index contributed by atoms with van der Waals surface area (Å²) in [7, 11) is -4.17. The highest BCUT2D eigenvalue weighted by Gasteiger charge is 2.37. The van der Waals surface area contributed by atoms with Crippen LogP contribution in [0, 0.1) is 5.41 Å². The molecule has 1 unspecified atom stereocenters. The van der Waals surface area contributed by atoms with E-state index in [9.17, 15) is 18.0 Å². The Balaban J connectivity index is 1.81. The van der Waals surface area contributed by atoms with E-state index in [1.807, 2.05) is 61.5 Å². The van der Waals surface area contributed by atoms with Gasteiger partial charge in [0.25, 0.3) is 0 Å². The van der Waals surface area contributed by atoms with Gasteiger partial charge >= 0.3 is 10.3 Å². The molecule has 1 heterocycles. The molecule has 10 nitrogen and oxygen atoms in total. The third kappa shape index (κ3) is 10.5. The predicted molar refractivity (Wildman–Crippen MR) is 162 cm³/mol. The van der Waals surface area contributed by atoms with Crippen molar-refractivity contribution in [3.63, 3.8) is 0 Å². The normalized spacial score (nSPS) is 19.3. The molecule has 230 valence electrons. The van der Waals surface area contributed by atoms with E-state index in [4.69, 9.17) is 31.4 Å². The number of hydrogen-bond donors (Lipinski definition) is 3. The van der Waals surface area contributed by atoms with Crippen LogP contribution in [0.4, 0.5) is 0 Å². The first-order valence-corrected chi connectivity index (χ1v) is 15.7. The molecule has 42 heavy (non-hydrogen) atoms. The largest absolute Gasteiger partial charge is 0.371 e. The Labute approximate surface area is 253 Å². The second kappa shape index (κ2) is 15.1. The molecule has 2 amide bonds. The van der Waals surface area contributed by atoms with E-state index in [0.29, 0.717) is 24.4 Å². The fourth-order valence-electron chi connectivity index (χ4n) is 4.84. The highest BCUT2D eigenvalue weighted by atomic mass is 35.5. The summed E-state index contributed by atoms with van der Waals surface area (Å²) in [5.74, 6) is -0.738. The van der Waals surface area contributed by atoms with Crippen molar-refractivity contribution in [2.75, 3.05) is 13.2 Å². The molecule has 0 spiro atoms. The van der Waals surface area contributed by atoms with Crippen molar-refractivity contribution in [3.05, 3.63) is 82.9 Å². The fourth-order valence-corrected chi connectivity index (χ4v) is 5.49. The van der Waals surface area contributed by atoms with Gasteiger partial charge in [-0.25, -0.2) is 5.14 Å². The van der Waals surface area contributed by atoms with Crippen LogP contribution in [0.2, 0.25) is 5.02 Å². The summed E-state index contributed by atoms with van der Waals surface area (Å²) in [6.07, 6.45) is 4.98. The molecule has 0 aromatic heterocycles. The number of likely N-dealkylation sites (tertiary alicyclic amines) is 1. The summed E-state index contributed by atoms with van der Waals surface area (Å²) < 4.78 is 34.2. The molecule has 12 heteroatoms. The Hall–Kier alpha value is -2.80. The van der Waals surface area contributed by atoms with Crippen molar-refractivity contribution < 1.29 is 26.9 Å². The Morgan fingerprint density at radius 2 is 1.86 bits per heavy atom. The van der Waals surface area contributed by atoms with Gasteiger partial charge in [-0.15, -0.1) is 0 Å². The van der Waals surface area contributed by atoms with Gasteiger partial charge in [0, 0.05) is 17.0 Å². The second-order valence-corrected chi connectivity index (χ2v) is 12.8. The van der Waals surface area contributed by atoms with Crippen LogP contribution in [0.25, 0.3) is 0 Å². The number of nitrogens with two attached hydrogens (primary N) is 2. The molecular weight excluding hydrogens is 580 g/mol. The number of halogens is 1. The first-order chi connectivity index (χ1) is 19.8. The average Bonchev–Trinajstić information content (AvgIpc) is 3.41. The van der Waals surface area contributed by atoms with E-state index in [2.05, 4.69) is 5.32 Å². The van der Waals surface area contributed by atoms with Crippen molar-refractivity contribution >= 4 is 33.7 Å². The third-order valence-electron chi connectivity index (χ3n) is 7.16. The number of benzene rings is 2. The van der Waals surface area contributed by atoms with Crippen molar-refractivity contribution in [3.8, 4) is 0 Å². The summed E-state index contributed by atoms with van der Waals surface area (Å²) >= 11 is 6.17. The molecule has 3 rings (SSSR count). The quantitative estimate of drug-likeness (QED) is 0.274. The number of ether oxygens (including phenoxy) is 1. The molecule has 2 aromatic carbocycles. The summed E-state index contributed by atoms with van der Waals surface area (Å²) in [5, 5.41) is 8.46. The Morgan fingerprint density at radius 1 is 1.17 bits per heavy atom. The lowest BCUT2D eigenvalue weighted by atomic mass is 9.83. The maximum atomic E-state index is 13.9. The number of amides is 2. The lowest BCUT2D eigenvalue weighted by Crippen LogP contribution is -2.57. The number of carbonyl (C=O) groups is 2. The highest BCUT2D eigenvalue weighted by Crippen LogP contribution is 2.29. The number of hydrogen-bond acceptors (Lipinski definition) is 7. The lowest BCUT2D eigenvalue weighted by molar-refractivity contribution is -0.141. The molecule has 0 aliphatic carbocycles. The van der Waals surface area contributed by atoms with Crippen molar-refractivity contribution in [1.29, 1.82) is 0 Å². The minimum absolute atomic E-state index is 0.201. The molecule has 1 aliphatic rings. The van der Waals surface area contributed by atoms with E-state index in [1.54, 1.807) is 30.9 Å². The second-order valence-electron chi connectivity index (χ2n) is 11.1. The summed E-state index contributed by atoms with van der Waals surface area (Å²) in [6, 6.07) is 14.8. The zero-order valence-electron chi connectivity index (χ0n) is 24.2. The van der Waals surface area contributed by atoms with Crippen LogP contribution in [-0.2, 0) is 41.8 Å². The average molecular weight is 621 g/mol. The molecule has 1 aliphatic heterocycles. The van der Waals surface area contributed by atoms with Crippen LogP contribution in [0.1, 0.15) is 44.7 Å². The molecule has 1 fully saturated rings. The first-order valence-electron chi connectivity index (χ1n) is 13.9. The topological polar surface area (TPSA) is 154 Å². The van der Waals surface area contributed by atoms with Crippen LogP contribution < -0.4 is 16.2 Å². The minimum Gasteiger partial charge on any atom is -0.371 e. The van der Waals surface area contributed by atoms with Crippen LogP contribution in [0.3, 0.4) is 0 Å². The van der Waals surface area contributed by atoms with Gasteiger partial charge in [-0.05, 0) is 56.4 Å². The van der Waals surface area contributed by atoms with E-state index in [0.717, 1.165) is 17.5 Å². The zero-order valence-corrected chi connectivity index (χ0v) is 25.8. The van der Waals surface area contributed by atoms with Gasteiger partial charge in [0.15, 0.2) is 0 Å². The molecule has 5 N–H and O–H groups in total. The van der Waals surface area contributed by atoms with Crippen molar-refractivity contribution in [2.45, 2.75) is 70.9 Å². The van der Waals surface area contributed by atoms with Gasteiger partial charge in [0.2, 0.25) is 11.8 Å². The zero-order chi connectivity index (χ0) is 30.9. The van der Waals surface area contributed by atoms with E-state index >= 15 is 0 Å². The van der Waals surface area contributed by atoms with Gasteiger partial charge in [0.05, 0.1) is 31.4 Å². The Kier molecular flexibility index (Phi) is 12.1.